The lowest BCUT2D eigenvalue weighted by molar-refractivity contribution is -0.143. The van der Waals surface area contributed by atoms with Crippen molar-refractivity contribution < 1.29 is 14.3 Å². The van der Waals surface area contributed by atoms with Crippen LogP contribution in [0.2, 0.25) is 5.15 Å². The molecule has 3 heterocycles. The number of carbonyl (C=O) groups is 2. The van der Waals surface area contributed by atoms with Crippen LogP contribution in [-0.4, -0.2) is 52.5 Å². The molecule has 1 N–H and O–H groups in total. The van der Waals surface area contributed by atoms with E-state index in [0.717, 1.165) is 18.4 Å². The molecule has 1 atom stereocenters. The highest BCUT2D eigenvalue weighted by Gasteiger charge is 2.51. The van der Waals surface area contributed by atoms with Crippen LogP contribution in [-0.2, 0) is 9.53 Å². The molecule has 0 radical (unpaired) electrons. The molecule has 2 aromatic heterocycles. The van der Waals surface area contributed by atoms with Crippen molar-refractivity contribution in [1.29, 1.82) is 0 Å². The van der Waals surface area contributed by atoms with Gasteiger partial charge in [-0.2, -0.15) is 0 Å². The SMILES string of the molecule is C=CC(=O)N1CC2(CC2)OC[C@@H]1c1cc(Cl)nc(-c2cc(C(=O)NC)ccn2)c1. The van der Waals surface area contributed by atoms with Gasteiger partial charge in [0.15, 0.2) is 0 Å². The van der Waals surface area contributed by atoms with Crippen LogP contribution in [0.3, 0.4) is 0 Å². The maximum atomic E-state index is 12.5. The summed E-state index contributed by atoms with van der Waals surface area (Å²) in [5.74, 6) is -0.354. The Morgan fingerprint density at radius 3 is 2.83 bits per heavy atom. The Bertz CT molecular complexity index is 990. The van der Waals surface area contributed by atoms with Crippen LogP contribution < -0.4 is 5.32 Å². The molecule has 1 saturated carbocycles. The summed E-state index contributed by atoms with van der Waals surface area (Å²) in [6.07, 6.45) is 4.79. The van der Waals surface area contributed by atoms with Crippen molar-refractivity contribution in [2.75, 3.05) is 20.2 Å². The average molecular weight is 413 g/mol. The van der Waals surface area contributed by atoms with Crippen LogP contribution in [0, 0.1) is 0 Å². The van der Waals surface area contributed by atoms with E-state index in [1.165, 1.54) is 6.08 Å². The van der Waals surface area contributed by atoms with Crippen molar-refractivity contribution in [2.24, 2.45) is 0 Å². The van der Waals surface area contributed by atoms with Crippen LogP contribution in [0.5, 0.6) is 0 Å². The van der Waals surface area contributed by atoms with E-state index in [9.17, 15) is 9.59 Å². The first kappa shape index (κ1) is 19.5. The molecule has 0 bridgehead atoms. The molecule has 4 rings (SSSR count). The average Bonchev–Trinajstić information content (AvgIpc) is 3.50. The summed E-state index contributed by atoms with van der Waals surface area (Å²) in [6, 6.07) is 6.56. The largest absolute Gasteiger partial charge is 0.371 e. The summed E-state index contributed by atoms with van der Waals surface area (Å²) < 4.78 is 6.06. The predicted molar refractivity (Wildman–Crippen MR) is 108 cm³/mol. The third kappa shape index (κ3) is 3.88. The van der Waals surface area contributed by atoms with Gasteiger partial charge < -0.3 is 15.0 Å². The minimum atomic E-state index is -0.298. The lowest BCUT2D eigenvalue weighted by Crippen LogP contribution is -2.48. The highest BCUT2D eigenvalue weighted by molar-refractivity contribution is 6.29. The molecule has 29 heavy (non-hydrogen) atoms. The molecule has 2 amide bonds. The van der Waals surface area contributed by atoms with Crippen molar-refractivity contribution in [1.82, 2.24) is 20.2 Å². The Kier molecular flexibility index (Phi) is 5.10. The second-order valence-electron chi connectivity index (χ2n) is 7.30. The highest BCUT2D eigenvalue weighted by atomic mass is 35.5. The van der Waals surface area contributed by atoms with Gasteiger partial charge in [-0.25, -0.2) is 4.98 Å². The van der Waals surface area contributed by atoms with E-state index in [1.807, 2.05) is 6.07 Å². The number of amides is 2. The fraction of sp³-hybridized carbons (Fsp3) is 0.333. The summed E-state index contributed by atoms with van der Waals surface area (Å²) in [5.41, 5.74) is 2.11. The fourth-order valence-corrected chi connectivity index (χ4v) is 3.79. The molecular weight excluding hydrogens is 392 g/mol. The van der Waals surface area contributed by atoms with Crippen LogP contribution in [0.1, 0.15) is 34.8 Å². The number of halogens is 1. The maximum Gasteiger partial charge on any atom is 0.251 e. The summed E-state index contributed by atoms with van der Waals surface area (Å²) in [6.45, 7) is 4.54. The van der Waals surface area contributed by atoms with Crippen molar-refractivity contribution in [3.8, 4) is 11.4 Å². The van der Waals surface area contributed by atoms with E-state index < -0.39 is 0 Å². The lowest BCUT2D eigenvalue weighted by Gasteiger charge is -2.40. The van der Waals surface area contributed by atoms with E-state index in [1.54, 1.807) is 36.3 Å². The quantitative estimate of drug-likeness (QED) is 0.616. The third-order valence-corrected chi connectivity index (χ3v) is 5.55. The van der Waals surface area contributed by atoms with Gasteiger partial charge in [0, 0.05) is 18.8 Å². The Morgan fingerprint density at radius 1 is 1.34 bits per heavy atom. The van der Waals surface area contributed by atoms with E-state index in [2.05, 4.69) is 21.9 Å². The summed E-state index contributed by atoms with van der Waals surface area (Å²) in [4.78, 5) is 34.9. The normalized spacial score (nSPS) is 19.7. The number of ether oxygens (including phenoxy) is 1. The van der Waals surface area contributed by atoms with Gasteiger partial charge in [0.05, 0.1) is 36.2 Å². The minimum Gasteiger partial charge on any atom is -0.371 e. The molecule has 1 aliphatic heterocycles. The third-order valence-electron chi connectivity index (χ3n) is 5.36. The maximum absolute atomic E-state index is 12.5. The molecule has 2 aliphatic rings. The first-order valence-electron chi connectivity index (χ1n) is 9.38. The van der Waals surface area contributed by atoms with E-state index >= 15 is 0 Å². The molecule has 0 aromatic carbocycles. The van der Waals surface area contributed by atoms with Gasteiger partial charge in [-0.05, 0) is 48.7 Å². The Morgan fingerprint density at radius 2 is 2.14 bits per heavy atom. The van der Waals surface area contributed by atoms with Gasteiger partial charge in [-0.3, -0.25) is 14.6 Å². The molecule has 1 spiro atoms. The number of nitrogens with zero attached hydrogens (tertiary/aromatic N) is 3. The topological polar surface area (TPSA) is 84.4 Å². The van der Waals surface area contributed by atoms with Crippen LogP contribution in [0.15, 0.2) is 43.1 Å². The monoisotopic (exact) mass is 412 g/mol. The number of pyridine rings is 2. The van der Waals surface area contributed by atoms with Gasteiger partial charge in [0.2, 0.25) is 5.91 Å². The van der Waals surface area contributed by atoms with Gasteiger partial charge in [0.1, 0.15) is 5.15 Å². The van der Waals surface area contributed by atoms with Crippen LogP contribution in [0.25, 0.3) is 11.4 Å². The standard InChI is InChI=1S/C21H21ClN4O3/c1-3-19(27)26-12-21(5-6-21)29-11-17(26)14-9-16(25-18(22)10-14)15-8-13(4-7-24-15)20(28)23-2/h3-4,7-10,17H,1,5-6,11-12H2,2H3,(H,23,28)/t17-/m1/s1. The number of rotatable bonds is 4. The van der Waals surface area contributed by atoms with Crippen molar-refractivity contribution in [3.63, 3.8) is 0 Å². The second kappa shape index (κ2) is 7.57. The van der Waals surface area contributed by atoms with Crippen molar-refractivity contribution in [3.05, 3.63) is 59.4 Å². The molecule has 2 aromatic rings. The van der Waals surface area contributed by atoms with Crippen LogP contribution in [0.4, 0.5) is 0 Å². The number of aromatic nitrogens is 2. The van der Waals surface area contributed by atoms with E-state index in [-0.39, 0.29) is 28.6 Å². The number of carbonyl (C=O) groups excluding carboxylic acids is 2. The zero-order valence-electron chi connectivity index (χ0n) is 16.0. The summed E-state index contributed by atoms with van der Waals surface area (Å²) >= 11 is 6.30. The second-order valence-corrected chi connectivity index (χ2v) is 7.68. The molecule has 0 unspecified atom stereocenters. The molecule has 7 nitrogen and oxygen atoms in total. The number of morpholine rings is 1. The molecule has 8 heteroatoms. The van der Waals surface area contributed by atoms with Crippen molar-refractivity contribution in [2.45, 2.75) is 24.5 Å². The predicted octanol–water partition coefficient (Wildman–Crippen LogP) is 2.78. The first-order chi connectivity index (χ1) is 13.9. The van der Waals surface area contributed by atoms with Gasteiger partial charge in [0.25, 0.3) is 5.91 Å². The summed E-state index contributed by atoms with van der Waals surface area (Å²) in [5, 5.41) is 2.87. The van der Waals surface area contributed by atoms with E-state index in [4.69, 9.17) is 16.3 Å². The highest BCUT2D eigenvalue weighted by Crippen LogP contribution is 2.46. The zero-order valence-corrected chi connectivity index (χ0v) is 16.8. The minimum absolute atomic E-state index is 0.140. The molecule has 1 aliphatic carbocycles. The Labute approximate surface area is 173 Å². The van der Waals surface area contributed by atoms with Crippen LogP contribution >= 0.6 is 11.6 Å². The van der Waals surface area contributed by atoms with Gasteiger partial charge >= 0.3 is 0 Å². The smallest absolute Gasteiger partial charge is 0.251 e. The molecule has 2 fully saturated rings. The molecule has 1 saturated heterocycles. The number of nitrogens with one attached hydrogen (secondary N) is 1. The first-order valence-corrected chi connectivity index (χ1v) is 9.75. The molecular formula is C21H21ClN4O3. The zero-order chi connectivity index (χ0) is 20.6. The fourth-order valence-electron chi connectivity index (χ4n) is 3.58. The van der Waals surface area contributed by atoms with Gasteiger partial charge in [-0.1, -0.05) is 18.2 Å². The molecule has 150 valence electrons. The summed E-state index contributed by atoms with van der Waals surface area (Å²) in [7, 11) is 1.57. The Hall–Kier alpha value is -2.77. The van der Waals surface area contributed by atoms with E-state index in [0.29, 0.717) is 30.1 Å². The number of hydrogen-bond donors (Lipinski definition) is 1. The van der Waals surface area contributed by atoms with Crippen molar-refractivity contribution >= 4 is 23.4 Å². The number of hydrogen-bond acceptors (Lipinski definition) is 5. The lowest BCUT2D eigenvalue weighted by atomic mass is 10.0. The Balaban J connectivity index is 1.70. The van der Waals surface area contributed by atoms with Gasteiger partial charge in [-0.15, -0.1) is 0 Å².